The molecule has 0 atom stereocenters. The first-order valence-corrected chi connectivity index (χ1v) is 19.8. The zero-order chi connectivity index (χ0) is 37.0. The molecule has 9 aromatic carbocycles. The fraction of sp³-hybridized carbons (Fsp3) is 0. The second-order valence-electron chi connectivity index (χ2n) is 14.2. The molecule has 0 fully saturated rings. The Morgan fingerprint density at radius 1 is 0.339 bits per heavy atom. The summed E-state index contributed by atoms with van der Waals surface area (Å²) in [5.74, 6) is 0. The summed E-state index contributed by atoms with van der Waals surface area (Å²) in [6.45, 7) is 0. The number of aromatic nitrogens is 1. The number of thiophene rings is 1. The van der Waals surface area contributed by atoms with E-state index in [1.165, 1.54) is 41.7 Å². The molecule has 264 valence electrons. The normalized spacial score (nSPS) is 11.6. The van der Waals surface area contributed by atoms with Crippen molar-refractivity contribution < 1.29 is 0 Å². The summed E-state index contributed by atoms with van der Waals surface area (Å²) in [5.41, 5.74) is 10.00. The molecule has 0 spiro atoms. The van der Waals surface area contributed by atoms with E-state index < -0.39 is 0 Å². The first-order valence-electron chi connectivity index (χ1n) is 19.0. The van der Waals surface area contributed by atoms with E-state index >= 15 is 0 Å². The van der Waals surface area contributed by atoms with Crippen molar-refractivity contribution >= 4 is 98.2 Å². The molecular formula is C52H35N3S. The molecule has 0 unspecified atom stereocenters. The second-order valence-corrected chi connectivity index (χ2v) is 15.3. The topological polar surface area (TPSA) is 11.4 Å². The van der Waals surface area contributed by atoms with Crippen LogP contribution in [0.1, 0.15) is 0 Å². The number of anilines is 6. The van der Waals surface area contributed by atoms with Crippen LogP contribution in [0.3, 0.4) is 0 Å². The van der Waals surface area contributed by atoms with Gasteiger partial charge in [-0.3, -0.25) is 0 Å². The number of rotatable bonds is 7. The van der Waals surface area contributed by atoms with Gasteiger partial charge in [0.1, 0.15) is 0 Å². The Morgan fingerprint density at radius 2 is 0.929 bits per heavy atom. The Balaban J connectivity index is 1.26. The van der Waals surface area contributed by atoms with E-state index in [2.05, 4.69) is 227 Å². The van der Waals surface area contributed by atoms with Crippen LogP contribution in [0.15, 0.2) is 212 Å². The first-order chi connectivity index (χ1) is 27.8. The molecule has 4 heteroatoms. The molecule has 2 aromatic heterocycles. The minimum atomic E-state index is 1.07. The van der Waals surface area contributed by atoms with Crippen LogP contribution >= 0.6 is 11.3 Å². The van der Waals surface area contributed by atoms with Gasteiger partial charge in [-0.25, -0.2) is 0 Å². The van der Waals surface area contributed by atoms with Crippen molar-refractivity contribution in [1.29, 1.82) is 0 Å². The quantitative estimate of drug-likeness (QED) is 0.162. The van der Waals surface area contributed by atoms with Crippen molar-refractivity contribution in [2.24, 2.45) is 0 Å². The molecule has 0 bridgehead atoms. The van der Waals surface area contributed by atoms with E-state index in [-0.39, 0.29) is 0 Å². The van der Waals surface area contributed by atoms with Gasteiger partial charge >= 0.3 is 0 Å². The molecule has 0 aliphatic carbocycles. The molecule has 0 aliphatic rings. The van der Waals surface area contributed by atoms with Crippen molar-refractivity contribution in [1.82, 2.24) is 4.57 Å². The summed E-state index contributed by atoms with van der Waals surface area (Å²) in [5, 5.41) is 7.42. The van der Waals surface area contributed by atoms with Crippen molar-refractivity contribution in [3.05, 3.63) is 212 Å². The summed E-state index contributed by atoms with van der Waals surface area (Å²) in [7, 11) is 0. The number of para-hydroxylation sites is 4. The van der Waals surface area contributed by atoms with Gasteiger partial charge in [0.25, 0.3) is 0 Å². The molecule has 2 heterocycles. The number of fused-ring (bicyclic) bond motifs is 7. The Morgan fingerprint density at radius 3 is 1.66 bits per heavy atom. The summed E-state index contributed by atoms with van der Waals surface area (Å²) in [4.78, 5) is 4.84. The van der Waals surface area contributed by atoms with Crippen LogP contribution in [0.4, 0.5) is 34.1 Å². The third-order valence-corrected chi connectivity index (χ3v) is 12.0. The van der Waals surface area contributed by atoms with E-state index in [0.717, 1.165) is 50.8 Å². The highest BCUT2D eigenvalue weighted by atomic mass is 32.1. The van der Waals surface area contributed by atoms with E-state index in [1.54, 1.807) is 0 Å². The third kappa shape index (κ3) is 5.34. The maximum absolute atomic E-state index is 2.45. The fourth-order valence-corrected chi connectivity index (χ4v) is 9.56. The molecular weight excluding hydrogens is 699 g/mol. The van der Waals surface area contributed by atoms with Crippen molar-refractivity contribution in [2.75, 3.05) is 9.80 Å². The highest BCUT2D eigenvalue weighted by Gasteiger charge is 2.25. The minimum absolute atomic E-state index is 1.07. The smallest absolute Gasteiger partial charge is 0.0583 e. The van der Waals surface area contributed by atoms with Gasteiger partial charge < -0.3 is 14.4 Å². The average molecular weight is 734 g/mol. The second kappa shape index (κ2) is 13.3. The van der Waals surface area contributed by atoms with Gasteiger partial charge in [-0.15, -0.1) is 11.3 Å². The summed E-state index contributed by atoms with van der Waals surface area (Å²) < 4.78 is 5.03. The van der Waals surface area contributed by atoms with Crippen LogP contribution in [0.25, 0.3) is 58.4 Å². The Kier molecular flexibility index (Phi) is 7.68. The van der Waals surface area contributed by atoms with Gasteiger partial charge in [0.2, 0.25) is 0 Å². The van der Waals surface area contributed by atoms with Crippen molar-refractivity contribution in [3.63, 3.8) is 0 Å². The molecule has 0 amide bonds. The summed E-state index contributed by atoms with van der Waals surface area (Å²) in [6.07, 6.45) is 0. The van der Waals surface area contributed by atoms with Crippen molar-refractivity contribution in [2.45, 2.75) is 0 Å². The van der Waals surface area contributed by atoms with Crippen LogP contribution in [0.2, 0.25) is 0 Å². The number of nitrogens with zero attached hydrogens (tertiary/aromatic N) is 3. The number of hydrogen-bond donors (Lipinski definition) is 0. The van der Waals surface area contributed by atoms with E-state index in [1.807, 2.05) is 11.3 Å². The molecule has 11 rings (SSSR count). The monoisotopic (exact) mass is 733 g/mol. The molecule has 0 saturated carbocycles. The summed E-state index contributed by atoms with van der Waals surface area (Å²) >= 11 is 1.85. The lowest BCUT2D eigenvalue weighted by atomic mass is 10.1. The van der Waals surface area contributed by atoms with Crippen LogP contribution in [-0.2, 0) is 0 Å². The predicted octanol–water partition coefficient (Wildman–Crippen LogP) is 15.2. The van der Waals surface area contributed by atoms with Gasteiger partial charge in [-0.2, -0.15) is 0 Å². The maximum Gasteiger partial charge on any atom is 0.0583 e. The van der Waals surface area contributed by atoms with E-state index in [9.17, 15) is 0 Å². The van der Waals surface area contributed by atoms with Gasteiger partial charge in [0, 0.05) is 59.4 Å². The molecule has 0 N–H and O–H groups in total. The lowest BCUT2D eigenvalue weighted by Gasteiger charge is -2.30. The SMILES string of the molecule is c1ccc(N(c2ccc3c(c2)sc2ccccc23)c2cc(N(c3ccccc3)c3ccccc3)c3c4ccccc4n(-c4ccc5ccccc5c4)c3c2)cc1. The lowest BCUT2D eigenvalue weighted by molar-refractivity contribution is 1.18. The molecule has 11 aromatic rings. The number of hydrogen-bond acceptors (Lipinski definition) is 3. The lowest BCUT2D eigenvalue weighted by Crippen LogP contribution is -2.14. The van der Waals surface area contributed by atoms with Crippen molar-refractivity contribution in [3.8, 4) is 5.69 Å². The average Bonchev–Trinajstić information content (AvgIpc) is 3.80. The molecule has 0 aliphatic heterocycles. The first kappa shape index (κ1) is 32.3. The van der Waals surface area contributed by atoms with Crippen LogP contribution in [0, 0.1) is 0 Å². The predicted molar refractivity (Wildman–Crippen MR) is 241 cm³/mol. The fourth-order valence-electron chi connectivity index (χ4n) is 8.42. The van der Waals surface area contributed by atoms with Crippen LogP contribution < -0.4 is 9.80 Å². The minimum Gasteiger partial charge on any atom is -0.310 e. The highest BCUT2D eigenvalue weighted by molar-refractivity contribution is 7.25. The zero-order valence-electron chi connectivity index (χ0n) is 30.5. The molecule has 0 saturated heterocycles. The van der Waals surface area contributed by atoms with Gasteiger partial charge in [-0.1, -0.05) is 127 Å². The van der Waals surface area contributed by atoms with Gasteiger partial charge in [-0.05, 0) is 95.7 Å². The molecule has 3 nitrogen and oxygen atoms in total. The highest BCUT2D eigenvalue weighted by Crippen LogP contribution is 2.49. The molecule has 56 heavy (non-hydrogen) atoms. The van der Waals surface area contributed by atoms with E-state index in [4.69, 9.17) is 0 Å². The van der Waals surface area contributed by atoms with Crippen LogP contribution in [0.5, 0.6) is 0 Å². The Labute approximate surface area is 329 Å². The maximum atomic E-state index is 2.45. The van der Waals surface area contributed by atoms with E-state index in [0.29, 0.717) is 0 Å². The zero-order valence-corrected chi connectivity index (χ0v) is 31.3. The molecule has 0 radical (unpaired) electrons. The Hall–Kier alpha value is -7.14. The van der Waals surface area contributed by atoms with Crippen LogP contribution in [-0.4, -0.2) is 4.57 Å². The standard InChI is InChI=1S/C52H35N3S/c1-4-18-38(19-5-1)53(42-30-31-45-44-24-13-15-27-50(44)56-51(45)35-42)43-33-48(54(39-20-6-2-7-21-39)40-22-8-3-9-23-40)52-46-25-12-14-26-47(46)55(49(52)34-43)41-29-28-36-16-10-11-17-37(36)32-41/h1-35H. The third-order valence-electron chi connectivity index (χ3n) is 10.9. The number of benzene rings is 9. The summed E-state index contributed by atoms with van der Waals surface area (Å²) in [6, 6.07) is 77.0. The van der Waals surface area contributed by atoms with Gasteiger partial charge in [0.15, 0.2) is 0 Å². The largest absolute Gasteiger partial charge is 0.310 e. The Bertz CT molecular complexity index is 3160. The van der Waals surface area contributed by atoms with Gasteiger partial charge in [0.05, 0.1) is 22.4 Å².